The van der Waals surface area contributed by atoms with Crippen molar-refractivity contribution in [3.8, 4) is 5.75 Å². The Balaban J connectivity index is 1.27. The van der Waals surface area contributed by atoms with E-state index in [9.17, 15) is 8.78 Å². The molecule has 0 spiro atoms. The number of nitrogens with zero attached hydrogens (tertiary/aromatic N) is 2. The second-order valence-electron chi connectivity index (χ2n) is 7.82. The minimum Gasteiger partial charge on any atom is -0.497 e. The van der Waals surface area contributed by atoms with Crippen LogP contribution >= 0.6 is 0 Å². The first-order valence-corrected chi connectivity index (χ1v) is 9.81. The third-order valence-corrected chi connectivity index (χ3v) is 5.67. The largest absolute Gasteiger partial charge is 0.497 e. The maximum atomic E-state index is 13.6. The molecule has 2 aliphatic rings. The molecule has 2 aliphatic heterocycles. The second-order valence-corrected chi connectivity index (χ2v) is 7.82. The van der Waals surface area contributed by atoms with Crippen LogP contribution in [0.5, 0.6) is 5.75 Å². The lowest BCUT2D eigenvalue weighted by atomic mass is 10.1. The first-order valence-electron chi connectivity index (χ1n) is 9.81. The van der Waals surface area contributed by atoms with Gasteiger partial charge in [-0.15, -0.1) is 0 Å². The average Bonchev–Trinajstić information content (AvgIpc) is 3.01. The van der Waals surface area contributed by atoms with Crippen molar-refractivity contribution in [3.63, 3.8) is 0 Å². The van der Waals surface area contributed by atoms with Crippen LogP contribution < -0.4 is 10.1 Å². The molecule has 4 rings (SSSR count). The number of rotatable bonds is 6. The van der Waals surface area contributed by atoms with Crippen molar-refractivity contribution in [1.29, 1.82) is 0 Å². The van der Waals surface area contributed by atoms with Crippen molar-refractivity contribution in [3.05, 3.63) is 59.7 Å². The minimum atomic E-state index is -2.52. The van der Waals surface area contributed by atoms with Gasteiger partial charge in [-0.3, -0.25) is 9.80 Å². The normalized spacial score (nSPS) is 22.0. The molecule has 28 heavy (non-hydrogen) atoms. The van der Waals surface area contributed by atoms with Gasteiger partial charge in [0.05, 0.1) is 13.7 Å². The molecule has 6 heteroatoms. The Labute approximate surface area is 165 Å². The molecule has 1 N–H and O–H groups in total. The molecule has 4 nitrogen and oxygen atoms in total. The highest BCUT2D eigenvalue weighted by molar-refractivity contribution is 5.45. The number of ether oxygens (including phenoxy) is 1. The number of methoxy groups -OCH3 is 1. The quantitative estimate of drug-likeness (QED) is 0.815. The van der Waals surface area contributed by atoms with Gasteiger partial charge >= 0.3 is 0 Å². The molecule has 2 heterocycles. The molecule has 2 fully saturated rings. The summed E-state index contributed by atoms with van der Waals surface area (Å²) >= 11 is 0. The zero-order valence-electron chi connectivity index (χ0n) is 16.2. The van der Waals surface area contributed by atoms with Crippen molar-refractivity contribution in [1.82, 2.24) is 9.80 Å². The third-order valence-electron chi connectivity index (χ3n) is 5.67. The number of anilines is 1. The molecule has 150 valence electrons. The summed E-state index contributed by atoms with van der Waals surface area (Å²) in [5.41, 5.74) is 3.48. The van der Waals surface area contributed by atoms with E-state index in [1.165, 1.54) is 11.1 Å². The summed E-state index contributed by atoms with van der Waals surface area (Å²) < 4.78 is 32.4. The topological polar surface area (TPSA) is 27.7 Å². The van der Waals surface area contributed by atoms with E-state index < -0.39 is 5.92 Å². The lowest BCUT2D eigenvalue weighted by Gasteiger charge is -2.36. The summed E-state index contributed by atoms with van der Waals surface area (Å²) in [4.78, 5) is 4.24. The van der Waals surface area contributed by atoms with Crippen molar-refractivity contribution in [2.75, 3.05) is 38.6 Å². The van der Waals surface area contributed by atoms with Crippen molar-refractivity contribution in [2.24, 2.45) is 0 Å². The summed E-state index contributed by atoms with van der Waals surface area (Å²) in [5.74, 6) is -1.66. The standard InChI is InChI=1S/C22H27F2N3O/c1-28-21-8-4-17(5-9-21)13-25-19-6-2-18(3-7-19)14-26-10-11-27-16-22(23,24)12-20(27)15-26/h2-9,20,25H,10-16H2,1H3. The summed E-state index contributed by atoms with van der Waals surface area (Å²) in [5, 5.41) is 3.42. The first kappa shape index (κ1) is 19.2. The van der Waals surface area contributed by atoms with Crippen LogP contribution in [0.4, 0.5) is 14.5 Å². The van der Waals surface area contributed by atoms with Crippen LogP contribution in [-0.2, 0) is 13.1 Å². The molecule has 1 unspecified atom stereocenters. The van der Waals surface area contributed by atoms with E-state index in [2.05, 4.69) is 34.5 Å². The van der Waals surface area contributed by atoms with Gasteiger partial charge < -0.3 is 10.1 Å². The Hall–Kier alpha value is -2.18. The highest BCUT2D eigenvalue weighted by atomic mass is 19.3. The summed E-state index contributed by atoms with van der Waals surface area (Å²) in [6, 6.07) is 16.4. The monoisotopic (exact) mass is 387 g/mol. The zero-order valence-corrected chi connectivity index (χ0v) is 16.2. The van der Waals surface area contributed by atoms with Crippen molar-refractivity contribution in [2.45, 2.75) is 31.5 Å². The number of benzene rings is 2. The third kappa shape index (κ3) is 4.62. The molecule has 0 aromatic heterocycles. The molecular weight excluding hydrogens is 360 g/mol. The number of hydrogen-bond acceptors (Lipinski definition) is 4. The fraction of sp³-hybridized carbons (Fsp3) is 0.455. The van der Waals surface area contributed by atoms with E-state index in [0.717, 1.165) is 44.2 Å². The van der Waals surface area contributed by atoms with E-state index >= 15 is 0 Å². The Kier molecular flexibility index (Phi) is 5.51. The molecule has 2 aromatic carbocycles. The van der Waals surface area contributed by atoms with Crippen LogP contribution in [0.1, 0.15) is 17.5 Å². The van der Waals surface area contributed by atoms with Gasteiger partial charge in [-0.05, 0) is 35.4 Å². The van der Waals surface area contributed by atoms with Crippen LogP contribution in [0.3, 0.4) is 0 Å². The van der Waals surface area contributed by atoms with E-state index in [4.69, 9.17) is 4.74 Å². The van der Waals surface area contributed by atoms with Gasteiger partial charge in [0, 0.05) is 50.9 Å². The van der Waals surface area contributed by atoms with Gasteiger partial charge in [-0.2, -0.15) is 0 Å². The van der Waals surface area contributed by atoms with Gasteiger partial charge in [-0.25, -0.2) is 8.78 Å². The number of fused-ring (bicyclic) bond motifs is 1. The van der Waals surface area contributed by atoms with Crippen LogP contribution in [0, 0.1) is 0 Å². The molecular formula is C22H27F2N3O. The molecule has 2 aromatic rings. The van der Waals surface area contributed by atoms with Gasteiger partial charge in [0.15, 0.2) is 0 Å². The molecule has 0 aliphatic carbocycles. The Morgan fingerprint density at radius 2 is 1.75 bits per heavy atom. The maximum Gasteiger partial charge on any atom is 0.262 e. The number of hydrogen-bond donors (Lipinski definition) is 1. The predicted octanol–water partition coefficient (Wildman–Crippen LogP) is 3.83. The lowest BCUT2D eigenvalue weighted by molar-refractivity contribution is 0.0119. The van der Waals surface area contributed by atoms with Crippen LogP contribution in [-0.4, -0.2) is 55.1 Å². The molecule has 0 bridgehead atoms. The van der Waals surface area contributed by atoms with Crippen LogP contribution in [0.25, 0.3) is 0 Å². The smallest absolute Gasteiger partial charge is 0.262 e. The molecule has 0 saturated carbocycles. The maximum absolute atomic E-state index is 13.6. The molecule has 0 radical (unpaired) electrons. The minimum absolute atomic E-state index is 0.00226. The van der Waals surface area contributed by atoms with Gasteiger partial charge in [0.2, 0.25) is 0 Å². The molecule has 2 saturated heterocycles. The van der Waals surface area contributed by atoms with Crippen LogP contribution in [0.2, 0.25) is 0 Å². The highest BCUT2D eigenvalue weighted by Crippen LogP contribution is 2.34. The van der Waals surface area contributed by atoms with E-state index in [1.54, 1.807) is 7.11 Å². The average molecular weight is 387 g/mol. The first-order chi connectivity index (χ1) is 13.5. The van der Waals surface area contributed by atoms with Crippen molar-refractivity contribution >= 4 is 5.69 Å². The fourth-order valence-corrected chi connectivity index (χ4v) is 4.14. The van der Waals surface area contributed by atoms with Crippen molar-refractivity contribution < 1.29 is 13.5 Å². The Morgan fingerprint density at radius 3 is 2.46 bits per heavy atom. The highest BCUT2D eigenvalue weighted by Gasteiger charge is 2.46. The SMILES string of the molecule is COc1ccc(CNc2ccc(CN3CCN4CC(F)(F)CC4C3)cc2)cc1. The second kappa shape index (κ2) is 8.05. The fourth-order valence-electron chi connectivity index (χ4n) is 4.14. The Bertz CT molecular complexity index is 779. The summed E-state index contributed by atoms with van der Waals surface area (Å²) in [6.07, 6.45) is -0.00226. The number of piperazine rings is 1. The van der Waals surface area contributed by atoms with Crippen LogP contribution in [0.15, 0.2) is 48.5 Å². The van der Waals surface area contributed by atoms with Gasteiger partial charge in [0.25, 0.3) is 5.92 Å². The number of alkyl halides is 2. The van der Waals surface area contributed by atoms with Gasteiger partial charge in [-0.1, -0.05) is 24.3 Å². The predicted molar refractivity (Wildman–Crippen MR) is 107 cm³/mol. The zero-order chi connectivity index (χ0) is 19.6. The number of halogens is 2. The van der Waals surface area contributed by atoms with E-state index in [1.807, 2.05) is 29.2 Å². The summed E-state index contributed by atoms with van der Waals surface area (Å²) in [6.45, 7) is 3.81. The molecule has 1 atom stereocenters. The summed E-state index contributed by atoms with van der Waals surface area (Å²) in [7, 11) is 1.66. The van der Waals surface area contributed by atoms with Gasteiger partial charge in [0.1, 0.15) is 5.75 Å². The van der Waals surface area contributed by atoms with E-state index in [0.29, 0.717) is 0 Å². The van der Waals surface area contributed by atoms with E-state index in [-0.39, 0.29) is 19.0 Å². The Morgan fingerprint density at radius 1 is 1.04 bits per heavy atom. The number of nitrogens with one attached hydrogen (secondary N) is 1. The molecule has 0 amide bonds. The lowest BCUT2D eigenvalue weighted by Crippen LogP contribution is -2.49.